The molecule has 1 heterocycles. The molecule has 1 aromatic heterocycles. The number of amides is 2. The predicted molar refractivity (Wildman–Crippen MR) is 116 cm³/mol. The minimum atomic E-state index is -0.826. The quantitative estimate of drug-likeness (QED) is 0.405. The van der Waals surface area contributed by atoms with Gasteiger partial charge in [0.15, 0.2) is 0 Å². The van der Waals surface area contributed by atoms with Crippen LogP contribution in [0.15, 0.2) is 59.7 Å². The van der Waals surface area contributed by atoms with Crippen LogP contribution in [0.25, 0.3) is 5.69 Å². The van der Waals surface area contributed by atoms with Gasteiger partial charge in [-0.05, 0) is 57.5 Å². The van der Waals surface area contributed by atoms with Crippen molar-refractivity contribution >= 4 is 23.7 Å². The Hall–Kier alpha value is -3.67. The molecule has 6 heteroatoms. The van der Waals surface area contributed by atoms with Crippen molar-refractivity contribution in [1.82, 2.24) is 9.99 Å². The summed E-state index contributed by atoms with van der Waals surface area (Å²) in [5, 5.41) is 6.47. The number of anilines is 1. The highest BCUT2D eigenvalue weighted by molar-refractivity contribution is 6.39. The molecule has 0 bridgehead atoms. The van der Waals surface area contributed by atoms with Gasteiger partial charge in [-0.2, -0.15) is 5.10 Å². The number of aromatic nitrogens is 1. The Bertz CT molecular complexity index is 1080. The first-order valence-electron chi connectivity index (χ1n) is 9.33. The van der Waals surface area contributed by atoms with Crippen LogP contribution in [0.3, 0.4) is 0 Å². The Labute approximate surface area is 170 Å². The SMILES string of the molecule is Cc1ccc(-n2c(C)cc(/C=N\NC(=O)C(=O)Nc3ccccc3)c2C)c(C)c1. The zero-order valence-electron chi connectivity index (χ0n) is 17.0. The summed E-state index contributed by atoms with van der Waals surface area (Å²) in [6.07, 6.45) is 1.55. The summed E-state index contributed by atoms with van der Waals surface area (Å²) in [5.74, 6) is -1.60. The van der Waals surface area contributed by atoms with E-state index < -0.39 is 11.8 Å². The second-order valence-corrected chi connectivity index (χ2v) is 6.97. The highest BCUT2D eigenvalue weighted by atomic mass is 16.2. The van der Waals surface area contributed by atoms with Crippen LogP contribution in [0.4, 0.5) is 5.69 Å². The summed E-state index contributed by atoms with van der Waals surface area (Å²) in [6.45, 7) is 8.18. The molecule has 0 radical (unpaired) electrons. The first-order chi connectivity index (χ1) is 13.9. The standard InChI is InChI=1S/C23H24N4O2/c1-15-10-11-21(16(2)12-15)27-17(3)13-19(18(27)4)14-24-26-23(29)22(28)25-20-8-6-5-7-9-20/h5-14H,1-4H3,(H,25,28)(H,26,29)/b24-14-. The molecule has 0 aliphatic heterocycles. The maximum absolute atomic E-state index is 12.0. The first kappa shape index (κ1) is 20.1. The topological polar surface area (TPSA) is 75.5 Å². The third kappa shape index (κ3) is 4.60. The van der Waals surface area contributed by atoms with E-state index in [1.54, 1.807) is 30.5 Å². The lowest BCUT2D eigenvalue weighted by Gasteiger charge is -2.13. The fourth-order valence-electron chi connectivity index (χ4n) is 3.27. The van der Waals surface area contributed by atoms with Crippen molar-refractivity contribution in [3.05, 3.63) is 82.7 Å². The molecule has 29 heavy (non-hydrogen) atoms. The number of hydrazone groups is 1. The fraction of sp³-hybridized carbons (Fsp3) is 0.174. The molecule has 0 aliphatic carbocycles. The van der Waals surface area contributed by atoms with E-state index in [4.69, 9.17) is 0 Å². The predicted octanol–water partition coefficient (Wildman–Crippen LogP) is 3.80. The van der Waals surface area contributed by atoms with Gasteiger partial charge in [-0.15, -0.1) is 0 Å². The molecular weight excluding hydrogens is 364 g/mol. The maximum atomic E-state index is 12.0. The molecule has 0 atom stereocenters. The molecule has 0 saturated carbocycles. The number of hydrogen-bond acceptors (Lipinski definition) is 3. The Balaban J connectivity index is 1.71. The first-order valence-corrected chi connectivity index (χ1v) is 9.33. The third-order valence-corrected chi connectivity index (χ3v) is 4.67. The Morgan fingerprint density at radius 3 is 2.34 bits per heavy atom. The van der Waals surface area contributed by atoms with E-state index in [1.165, 1.54) is 11.1 Å². The van der Waals surface area contributed by atoms with E-state index in [2.05, 4.69) is 52.5 Å². The lowest BCUT2D eigenvalue weighted by atomic mass is 10.1. The zero-order chi connectivity index (χ0) is 21.0. The van der Waals surface area contributed by atoms with E-state index in [0.29, 0.717) is 5.69 Å². The molecule has 0 saturated heterocycles. The third-order valence-electron chi connectivity index (χ3n) is 4.67. The highest BCUT2D eigenvalue weighted by Gasteiger charge is 2.14. The van der Waals surface area contributed by atoms with Crippen LogP contribution in [-0.4, -0.2) is 22.6 Å². The maximum Gasteiger partial charge on any atom is 0.329 e. The van der Waals surface area contributed by atoms with Gasteiger partial charge in [-0.3, -0.25) is 9.59 Å². The monoisotopic (exact) mass is 388 g/mol. The van der Waals surface area contributed by atoms with Crippen molar-refractivity contribution < 1.29 is 9.59 Å². The van der Waals surface area contributed by atoms with Crippen LogP contribution >= 0.6 is 0 Å². The van der Waals surface area contributed by atoms with Crippen LogP contribution in [-0.2, 0) is 9.59 Å². The summed E-state index contributed by atoms with van der Waals surface area (Å²) in [4.78, 5) is 23.9. The van der Waals surface area contributed by atoms with Crippen LogP contribution in [0, 0.1) is 27.7 Å². The molecule has 148 valence electrons. The Kier molecular flexibility index (Phi) is 5.93. The van der Waals surface area contributed by atoms with Crippen LogP contribution in [0.1, 0.15) is 28.1 Å². The van der Waals surface area contributed by atoms with Crippen LogP contribution < -0.4 is 10.7 Å². The van der Waals surface area contributed by atoms with Gasteiger partial charge in [0.25, 0.3) is 0 Å². The summed E-state index contributed by atoms with van der Waals surface area (Å²) in [6, 6.07) is 17.1. The van der Waals surface area contributed by atoms with Gasteiger partial charge in [-0.1, -0.05) is 35.9 Å². The second kappa shape index (κ2) is 8.56. The normalized spacial score (nSPS) is 10.9. The van der Waals surface area contributed by atoms with Gasteiger partial charge in [0, 0.05) is 28.3 Å². The van der Waals surface area contributed by atoms with Crippen molar-refractivity contribution in [3.8, 4) is 5.69 Å². The highest BCUT2D eigenvalue weighted by Crippen LogP contribution is 2.23. The second-order valence-electron chi connectivity index (χ2n) is 6.97. The molecule has 3 aromatic rings. The number of benzene rings is 2. The molecular formula is C23H24N4O2. The van der Waals surface area contributed by atoms with Crippen LogP contribution in [0.2, 0.25) is 0 Å². The molecule has 0 fully saturated rings. The van der Waals surface area contributed by atoms with Crippen molar-refractivity contribution in [2.75, 3.05) is 5.32 Å². The largest absolute Gasteiger partial charge is 0.329 e. The molecule has 3 rings (SSSR count). The number of carbonyl (C=O) groups excluding carboxylic acids is 2. The number of nitrogens with one attached hydrogen (secondary N) is 2. The van der Waals surface area contributed by atoms with Gasteiger partial charge in [-0.25, -0.2) is 5.43 Å². The summed E-state index contributed by atoms with van der Waals surface area (Å²) >= 11 is 0. The summed E-state index contributed by atoms with van der Waals surface area (Å²) in [7, 11) is 0. The fourth-order valence-corrected chi connectivity index (χ4v) is 3.27. The van der Waals surface area contributed by atoms with E-state index in [0.717, 1.165) is 22.6 Å². The number of para-hydroxylation sites is 1. The summed E-state index contributed by atoms with van der Waals surface area (Å²) < 4.78 is 2.15. The van der Waals surface area contributed by atoms with E-state index in [9.17, 15) is 9.59 Å². The number of rotatable bonds is 4. The molecule has 2 aromatic carbocycles. The molecule has 6 nitrogen and oxygen atoms in total. The van der Waals surface area contributed by atoms with Crippen molar-refractivity contribution in [1.29, 1.82) is 0 Å². The van der Waals surface area contributed by atoms with E-state index in [-0.39, 0.29) is 0 Å². The van der Waals surface area contributed by atoms with Gasteiger partial charge < -0.3 is 9.88 Å². The van der Waals surface area contributed by atoms with E-state index >= 15 is 0 Å². The average molecular weight is 388 g/mol. The molecule has 0 aliphatic rings. The van der Waals surface area contributed by atoms with Gasteiger partial charge in [0.1, 0.15) is 0 Å². The number of aryl methyl sites for hydroxylation is 3. The lowest BCUT2D eigenvalue weighted by Crippen LogP contribution is -2.32. The molecule has 2 amide bonds. The Morgan fingerprint density at radius 2 is 1.66 bits per heavy atom. The number of hydrogen-bond donors (Lipinski definition) is 2. The smallest absolute Gasteiger partial charge is 0.318 e. The van der Waals surface area contributed by atoms with Gasteiger partial charge in [0.05, 0.1) is 6.21 Å². The molecule has 0 unspecified atom stereocenters. The minimum absolute atomic E-state index is 0.550. The lowest BCUT2D eigenvalue weighted by molar-refractivity contribution is -0.136. The van der Waals surface area contributed by atoms with Crippen LogP contribution in [0.5, 0.6) is 0 Å². The molecule has 0 spiro atoms. The number of nitrogens with zero attached hydrogens (tertiary/aromatic N) is 2. The van der Waals surface area contributed by atoms with Crippen molar-refractivity contribution in [3.63, 3.8) is 0 Å². The minimum Gasteiger partial charge on any atom is -0.318 e. The molecule has 2 N–H and O–H groups in total. The zero-order valence-corrected chi connectivity index (χ0v) is 17.0. The summed E-state index contributed by atoms with van der Waals surface area (Å²) in [5.41, 5.74) is 9.26. The average Bonchev–Trinajstić information content (AvgIpc) is 2.96. The number of carbonyl (C=O) groups is 2. The van der Waals surface area contributed by atoms with E-state index in [1.807, 2.05) is 26.0 Å². The van der Waals surface area contributed by atoms with Crippen molar-refractivity contribution in [2.24, 2.45) is 5.10 Å². The Morgan fingerprint density at radius 1 is 0.931 bits per heavy atom. The van der Waals surface area contributed by atoms with Gasteiger partial charge >= 0.3 is 11.8 Å². The van der Waals surface area contributed by atoms with Crippen molar-refractivity contribution in [2.45, 2.75) is 27.7 Å². The van der Waals surface area contributed by atoms with Gasteiger partial charge in [0.2, 0.25) is 0 Å².